The summed E-state index contributed by atoms with van der Waals surface area (Å²) in [4.78, 5) is 12.6. The summed E-state index contributed by atoms with van der Waals surface area (Å²) in [5.74, 6) is 2.09. The Balaban J connectivity index is 1.50. The summed E-state index contributed by atoms with van der Waals surface area (Å²) < 4.78 is 17.2. The number of amides is 1. The monoisotopic (exact) mass is 427 g/mol. The van der Waals surface area contributed by atoms with Crippen LogP contribution in [-0.2, 0) is 17.8 Å². The molecule has 0 aliphatic carbocycles. The van der Waals surface area contributed by atoms with Gasteiger partial charge in [-0.25, -0.2) is 0 Å². The van der Waals surface area contributed by atoms with Crippen LogP contribution < -0.4 is 19.5 Å². The summed E-state index contributed by atoms with van der Waals surface area (Å²) in [6.07, 6.45) is 0.243. The molecule has 4 rings (SSSR count). The second-order valence-corrected chi connectivity index (χ2v) is 7.17. The Hall–Kier alpha value is -2.73. The fourth-order valence-electron chi connectivity index (χ4n) is 3.19. The normalized spacial score (nSPS) is 12.2. The molecule has 0 saturated heterocycles. The quantitative estimate of drug-likeness (QED) is 0.662. The van der Waals surface area contributed by atoms with E-state index in [9.17, 15) is 4.79 Å². The third-order valence-corrected chi connectivity index (χ3v) is 5.03. The van der Waals surface area contributed by atoms with Crippen molar-refractivity contribution in [3.8, 4) is 17.2 Å². The number of hydrogen-bond acceptors (Lipinski definition) is 4. The molecule has 0 bridgehead atoms. The van der Waals surface area contributed by atoms with Gasteiger partial charge in [-0.1, -0.05) is 34.1 Å². The van der Waals surface area contributed by atoms with E-state index in [1.807, 2.05) is 48.5 Å². The zero-order chi connectivity index (χ0) is 18.8. The van der Waals surface area contributed by atoms with Crippen molar-refractivity contribution in [1.82, 2.24) is 5.32 Å². The Morgan fingerprint density at radius 2 is 1.96 bits per heavy atom. The van der Waals surface area contributed by atoms with Gasteiger partial charge in [-0.05, 0) is 46.7 Å². The van der Waals surface area contributed by atoms with Gasteiger partial charge in [0.2, 0.25) is 12.7 Å². The molecule has 0 radical (unpaired) electrons. The zero-order valence-electron chi connectivity index (χ0n) is 14.8. The van der Waals surface area contributed by atoms with Crippen LogP contribution in [0.15, 0.2) is 53.0 Å². The summed E-state index contributed by atoms with van der Waals surface area (Å²) in [6.45, 7) is 0.663. The van der Waals surface area contributed by atoms with Crippen LogP contribution in [0.1, 0.15) is 11.1 Å². The Morgan fingerprint density at radius 1 is 1.11 bits per heavy atom. The fourth-order valence-corrected chi connectivity index (χ4v) is 3.57. The average molecular weight is 428 g/mol. The SMILES string of the molecule is COc1ccc2cc(Br)ccc2c1CC(=O)NCc1ccc2c(c1)OCO2. The maximum absolute atomic E-state index is 12.6. The molecular formula is C21H18BrNO4. The lowest BCUT2D eigenvalue weighted by Crippen LogP contribution is -2.24. The lowest BCUT2D eigenvalue weighted by atomic mass is 10.0. The molecule has 5 nitrogen and oxygen atoms in total. The lowest BCUT2D eigenvalue weighted by Gasteiger charge is -2.13. The van der Waals surface area contributed by atoms with Crippen molar-refractivity contribution < 1.29 is 19.0 Å². The molecule has 6 heteroatoms. The van der Waals surface area contributed by atoms with E-state index in [1.165, 1.54) is 0 Å². The van der Waals surface area contributed by atoms with E-state index in [0.717, 1.165) is 32.1 Å². The number of carbonyl (C=O) groups is 1. The third-order valence-electron chi connectivity index (χ3n) is 4.53. The second-order valence-electron chi connectivity index (χ2n) is 6.25. The first-order chi connectivity index (χ1) is 13.1. The van der Waals surface area contributed by atoms with Crippen LogP contribution in [0.3, 0.4) is 0 Å². The zero-order valence-corrected chi connectivity index (χ0v) is 16.3. The Morgan fingerprint density at radius 3 is 2.81 bits per heavy atom. The van der Waals surface area contributed by atoms with E-state index < -0.39 is 0 Å². The first-order valence-electron chi connectivity index (χ1n) is 8.54. The maximum Gasteiger partial charge on any atom is 0.231 e. The number of nitrogens with one attached hydrogen (secondary N) is 1. The fraction of sp³-hybridized carbons (Fsp3) is 0.190. The van der Waals surface area contributed by atoms with E-state index in [4.69, 9.17) is 14.2 Å². The van der Waals surface area contributed by atoms with Crippen LogP contribution in [-0.4, -0.2) is 19.8 Å². The van der Waals surface area contributed by atoms with Gasteiger partial charge in [-0.3, -0.25) is 4.79 Å². The van der Waals surface area contributed by atoms with Crippen LogP contribution in [0.5, 0.6) is 17.2 Å². The number of halogens is 1. The van der Waals surface area contributed by atoms with Crippen LogP contribution in [0.2, 0.25) is 0 Å². The molecule has 27 heavy (non-hydrogen) atoms. The standard InChI is InChI=1S/C21H18BrNO4/c1-25-18-7-3-14-9-15(22)4-5-16(14)17(18)10-21(24)23-11-13-2-6-19-20(8-13)27-12-26-19/h2-9H,10-12H2,1H3,(H,23,24). The average Bonchev–Trinajstić information content (AvgIpc) is 3.14. The number of rotatable bonds is 5. The van der Waals surface area contributed by atoms with Crippen molar-refractivity contribution in [2.75, 3.05) is 13.9 Å². The number of benzene rings is 3. The highest BCUT2D eigenvalue weighted by molar-refractivity contribution is 9.10. The molecule has 0 aromatic heterocycles. The molecule has 0 fully saturated rings. The summed E-state index contributed by atoms with van der Waals surface area (Å²) in [5, 5.41) is 5.03. The molecule has 0 spiro atoms. The van der Waals surface area contributed by atoms with Gasteiger partial charge in [0.1, 0.15) is 5.75 Å². The summed E-state index contributed by atoms with van der Waals surface area (Å²) in [6, 6.07) is 15.6. The molecule has 0 saturated carbocycles. The largest absolute Gasteiger partial charge is 0.496 e. The van der Waals surface area contributed by atoms with Gasteiger partial charge in [0.15, 0.2) is 11.5 Å². The highest BCUT2D eigenvalue weighted by Gasteiger charge is 2.15. The predicted molar refractivity (Wildman–Crippen MR) is 106 cm³/mol. The minimum Gasteiger partial charge on any atom is -0.496 e. The van der Waals surface area contributed by atoms with Crippen LogP contribution in [0.25, 0.3) is 10.8 Å². The molecule has 1 N–H and O–H groups in total. The van der Waals surface area contributed by atoms with Crippen LogP contribution >= 0.6 is 15.9 Å². The van der Waals surface area contributed by atoms with Crippen LogP contribution in [0.4, 0.5) is 0 Å². The van der Waals surface area contributed by atoms with Crippen molar-refractivity contribution in [3.05, 3.63) is 64.1 Å². The predicted octanol–water partition coefficient (Wildman–Crippen LogP) is 4.20. The molecule has 138 valence electrons. The molecule has 0 atom stereocenters. The number of carbonyl (C=O) groups excluding carboxylic acids is 1. The topological polar surface area (TPSA) is 56.8 Å². The van der Waals surface area contributed by atoms with E-state index in [-0.39, 0.29) is 19.1 Å². The number of methoxy groups -OCH3 is 1. The first-order valence-corrected chi connectivity index (χ1v) is 9.34. The first kappa shape index (κ1) is 17.7. The van der Waals surface area contributed by atoms with Gasteiger partial charge in [0.05, 0.1) is 13.5 Å². The summed E-state index contributed by atoms with van der Waals surface area (Å²) in [7, 11) is 1.62. The molecule has 1 heterocycles. The minimum absolute atomic E-state index is 0.0682. The molecule has 0 unspecified atom stereocenters. The molecule has 3 aromatic rings. The smallest absolute Gasteiger partial charge is 0.231 e. The number of ether oxygens (including phenoxy) is 3. The minimum atomic E-state index is -0.0682. The maximum atomic E-state index is 12.6. The van der Waals surface area contributed by atoms with Crippen molar-refractivity contribution in [2.45, 2.75) is 13.0 Å². The van der Waals surface area contributed by atoms with E-state index in [2.05, 4.69) is 21.2 Å². The van der Waals surface area contributed by atoms with Crippen molar-refractivity contribution in [1.29, 1.82) is 0 Å². The van der Waals surface area contributed by atoms with Crippen molar-refractivity contribution >= 4 is 32.6 Å². The highest BCUT2D eigenvalue weighted by atomic mass is 79.9. The van der Waals surface area contributed by atoms with E-state index in [0.29, 0.717) is 18.0 Å². The second kappa shape index (κ2) is 7.48. The lowest BCUT2D eigenvalue weighted by molar-refractivity contribution is -0.120. The van der Waals surface area contributed by atoms with Gasteiger partial charge >= 0.3 is 0 Å². The van der Waals surface area contributed by atoms with E-state index >= 15 is 0 Å². The summed E-state index contributed by atoms with van der Waals surface area (Å²) in [5.41, 5.74) is 1.84. The van der Waals surface area contributed by atoms with Gasteiger partial charge in [0, 0.05) is 16.6 Å². The van der Waals surface area contributed by atoms with Gasteiger partial charge in [-0.15, -0.1) is 0 Å². The molecule has 1 amide bonds. The number of hydrogen-bond donors (Lipinski definition) is 1. The van der Waals surface area contributed by atoms with E-state index in [1.54, 1.807) is 7.11 Å². The highest BCUT2D eigenvalue weighted by Crippen LogP contribution is 2.33. The number of fused-ring (bicyclic) bond motifs is 2. The van der Waals surface area contributed by atoms with Gasteiger partial charge in [0.25, 0.3) is 0 Å². The molecule has 3 aromatic carbocycles. The molecular weight excluding hydrogens is 410 g/mol. The van der Waals surface area contributed by atoms with Crippen LogP contribution in [0, 0.1) is 0 Å². The molecule has 1 aliphatic rings. The molecule has 1 aliphatic heterocycles. The third kappa shape index (κ3) is 3.71. The van der Waals surface area contributed by atoms with Crippen molar-refractivity contribution in [2.24, 2.45) is 0 Å². The van der Waals surface area contributed by atoms with Gasteiger partial charge in [-0.2, -0.15) is 0 Å². The summed E-state index contributed by atoms with van der Waals surface area (Å²) >= 11 is 3.49. The Labute approximate surface area is 165 Å². The van der Waals surface area contributed by atoms with Gasteiger partial charge < -0.3 is 19.5 Å². The Kier molecular flexibility index (Phi) is 4.90. The van der Waals surface area contributed by atoms with Crippen molar-refractivity contribution in [3.63, 3.8) is 0 Å². The Bertz CT molecular complexity index is 1020.